The summed E-state index contributed by atoms with van der Waals surface area (Å²) in [7, 11) is 1.23. The molecule has 0 amide bonds. The fourth-order valence-corrected chi connectivity index (χ4v) is 2.46. The van der Waals surface area contributed by atoms with Crippen LogP contribution in [0.5, 0.6) is 11.5 Å². The minimum absolute atomic E-state index is 0.0577. The average Bonchev–Trinajstić information content (AvgIpc) is 2.75. The van der Waals surface area contributed by atoms with Crippen LogP contribution in [0.15, 0.2) is 48.5 Å². The van der Waals surface area contributed by atoms with E-state index in [4.69, 9.17) is 20.1 Å². The van der Waals surface area contributed by atoms with Gasteiger partial charge < -0.3 is 24.8 Å². The number of hydrogen-bond donors (Lipinski definition) is 3. The normalized spacial score (nSPS) is 11.7. The smallest absolute Gasteiger partial charge is 0.334 e. The summed E-state index contributed by atoms with van der Waals surface area (Å²) < 4.78 is 10.7. The Kier molecular flexibility index (Phi) is 15.9. The Morgan fingerprint density at radius 1 is 1.10 bits per heavy atom. The lowest BCUT2D eigenvalue weighted by atomic mass is 10.1. The van der Waals surface area contributed by atoms with Gasteiger partial charge in [0.25, 0.3) is 0 Å². The minimum Gasteiger partial charge on any atom is -0.507 e. The molecule has 168 valence electrons. The van der Waals surface area contributed by atoms with Gasteiger partial charge in [-0.3, -0.25) is 0 Å². The molecule has 0 radical (unpaired) electrons. The first-order chi connectivity index (χ1) is 14.3. The maximum Gasteiger partial charge on any atom is 0.334 e. The first-order valence-electron chi connectivity index (χ1n) is 9.81. The van der Waals surface area contributed by atoms with Gasteiger partial charge in [0.2, 0.25) is 0 Å². The molecule has 0 aromatic heterocycles. The van der Waals surface area contributed by atoms with Crippen LogP contribution in [0.3, 0.4) is 0 Å². The molecule has 0 fully saturated rings. The zero-order valence-electron chi connectivity index (χ0n) is 18.0. The van der Waals surface area contributed by atoms with E-state index in [1.54, 1.807) is 12.1 Å². The fraction of sp³-hybridized carbons (Fsp3) is 0.435. The van der Waals surface area contributed by atoms with E-state index in [0.29, 0.717) is 5.75 Å². The van der Waals surface area contributed by atoms with E-state index in [9.17, 15) is 4.79 Å². The van der Waals surface area contributed by atoms with E-state index < -0.39 is 12.1 Å². The highest BCUT2D eigenvalue weighted by atomic mass is 127. The van der Waals surface area contributed by atoms with E-state index in [2.05, 4.69) is 40.3 Å². The summed E-state index contributed by atoms with van der Waals surface area (Å²) >= 11 is 2.07. The third-order valence-corrected chi connectivity index (χ3v) is 4.66. The van der Waals surface area contributed by atoms with Crippen molar-refractivity contribution in [3.05, 3.63) is 57.7 Å². The number of ether oxygens (including phenoxy) is 2. The molecule has 0 saturated heterocycles. The molecule has 0 heterocycles. The number of halogens is 1. The van der Waals surface area contributed by atoms with Crippen LogP contribution in [0, 0.1) is 3.57 Å². The van der Waals surface area contributed by atoms with Crippen molar-refractivity contribution in [3.8, 4) is 11.5 Å². The van der Waals surface area contributed by atoms with E-state index in [0.717, 1.165) is 15.7 Å². The number of carbonyl (C=O) groups is 1. The lowest BCUT2D eigenvalue weighted by molar-refractivity contribution is -0.149. The van der Waals surface area contributed by atoms with Crippen molar-refractivity contribution in [2.24, 2.45) is 0 Å². The van der Waals surface area contributed by atoms with Crippen LogP contribution in [0.25, 0.3) is 0 Å². The Morgan fingerprint density at radius 3 is 2.13 bits per heavy atom. The third kappa shape index (κ3) is 12.7. The molecule has 0 aliphatic rings. The van der Waals surface area contributed by atoms with Crippen LogP contribution in [0.4, 0.5) is 0 Å². The molecule has 2 rings (SSSR count). The van der Waals surface area contributed by atoms with Crippen molar-refractivity contribution in [2.45, 2.75) is 52.2 Å². The SMILES string of the molecule is CCCCc1ccccc1O[C@@H](C)CO.COC(=O)[C@@H](C)O.Oc1ccccc1I. The fourth-order valence-electron chi connectivity index (χ4n) is 2.07. The molecule has 2 atom stereocenters. The summed E-state index contributed by atoms with van der Waals surface area (Å²) in [6.07, 6.45) is 2.28. The summed E-state index contributed by atoms with van der Waals surface area (Å²) in [5.74, 6) is 0.667. The van der Waals surface area contributed by atoms with Gasteiger partial charge in [-0.05, 0) is 73.0 Å². The number of para-hydroxylation sites is 2. The van der Waals surface area contributed by atoms with Crippen molar-refractivity contribution in [1.82, 2.24) is 0 Å². The highest BCUT2D eigenvalue weighted by Gasteiger charge is 2.06. The van der Waals surface area contributed by atoms with Gasteiger partial charge in [0, 0.05) is 0 Å². The summed E-state index contributed by atoms with van der Waals surface area (Å²) in [5, 5.41) is 26.2. The van der Waals surface area contributed by atoms with Crippen molar-refractivity contribution in [1.29, 1.82) is 0 Å². The summed E-state index contributed by atoms with van der Waals surface area (Å²) in [5.41, 5.74) is 1.24. The summed E-state index contributed by atoms with van der Waals surface area (Å²) in [6, 6.07) is 15.3. The lowest BCUT2D eigenvalue weighted by Gasteiger charge is -2.15. The van der Waals surface area contributed by atoms with Crippen LogP contribution >= 0.6 is 22.6 Å². The van der Waals surface area contributed by atoms with Gasteiger partial charge in [-0.1, -0.05) is 43.7 Å². The van der Waals surface area contributed by atoms with Crippen LogP contribution in [-0.4, -0.2) is 47.2 Å². The van der Waals surface area contributed by atoms with Gasteiger partial charge in [0.1, 0.15) is 23.7 Å². The number of rotatable bonds is 7. The van der Waals surface area contributed by atoms with Gasteiger partial charge in [-0.25, -0.2) is 4.79 Å². The molecule has 7 heteroatoms. The van der Waals surface area contributed by atoms with Crippen LogP contribution < -0.4 is 4.74 Å². The Balaban J connectivity index is 0.000000471. The molecule has 0 unspecified atom stereocenters. The number of esters is 1. The second-order valence-corrected chi connectivity index (χ2v) is 7.64. The van der Waals surface area contributed by atoms with Crippen molar-refractivity contribution in [3.63, 3.8) is 0 Å². The Hall–Kier alpha value is -1.84. The quantitative estimate of drug-likeness (QED) is 0.363. The maximum absolute atomic E-state index is 10.0. The third-order valence-electron chi connectivity index (χ3n) is 3.75. The Labute approximate surface area is 193 Å². The minimum atomic E-state index is -0.995. The van der Waals surface area contributed by atoms with Crippen LogP contribution in [0.1, 0.15) is 39.2 Å². The monoisotopic (exact) mass is 532 g/mol. The number of aromatic hydroxyl groups is 1. The first-order valence-corrected chi connectivity index (χ1v) is 10.9. The Bertz CT molecular complexity index is 699. The number of phenols is 1. The van der Waals surface area contributed by atoms with E-state index in [1.165, 1.54) is 32.4 Å². The van der Waals surface area contributed by atoms with Crippen molar-refractivity contribution >= 4 is 28.6 Å². The van der Waals surface area contributed by atoms with Gasteiger partial charge >= 0.3 is 5.97 Å². The second-order valence-electron chi connectivity index (χ2n) is 6.47. The van der Waals surface area contributed by atoms with Gasteiger partial charge in [-0.15, -0.1) is 0 Å². The van der Waals surface area contributed by atoms with E-state index in [1.807, 2.05) is 37.3 Å². The lowest BCUT2D eigenvalue weighted by Crippen LogP contribution is -2.17. The standard InChI is InChI=1S/C13H20O2.C6H5IO.C4H8O3/c1-3-4-7-12-8-5-6-9-13(12)15-11(2)10-14;7-5-3-1-2-4-6(5)8;1-3(5)4(6)7-2/h5-6,8-9,11,14H,3-4,7,10H2,1-2H3;1-4,8H;3,5H,1-2H3/t11-;;3-/m0.1/s1. The van der Waals surface area contributed by atoms with E-state index in [-0.39, 0.29) is 12.7 Å². The van der Waals surface area contributed by atoms with Crippen molar-refractivity contribution < 1.29 is 29.6 Å². The van der Waals surface area contributed by atoms with E-state index >= 15 is 0 Å². The number of methoxy groups -OCH3 is 1. The maximum atomic E-state index is 10.0. The molecule has 0 aliphatic heterocycles. The van der Waals surface area contributed by atoms with Crippen molar-refractivity contribution in [2.75, 3.05) is 13.7 Å². The molecule has 0 saturated carbocycles. The number of unbranched alkanes of at least 4 members (excludes halogenated alkanes) is 1. The largest absolute Gasteiger partial charge is 0.507 e. The zero-order chi connectivity index (χ0) is 22.9. The topological polar surface area (TPSA) is 96.2 Å². The molecule has 2 aromatic carbocycles. The molecule has 0 spiro atoms. The number of aryl methyl sites for hydroxylation is 1. The predicted octanol–water partition coefficient (Wildman–Crippen LogP) is 4.33. The van der Waals surface area contributed by atoms with Gasteiger partial charge in [-0.2, -0.15) is 0 Å². The summed E-state index contributed by atoms with van der Waals surface area (Å²) in [6.45, 7) is 5.46. The molecule has 0 bridgehead atoms. The summed E-state index contributed by atoms with van der Waals surface area (Å²) in [4.78, 5) is 10.0. The molecule has 30 heavy (non-hydrogen) atoms. The number of carbonyl (C=O) groups excluding carboxylic acids is 1. The molecule has 6 nitrogen and oxygen atoms in total. The number of benzene rings is 2. The number of hydrogen-bond acceptors (Lipinski definition) is 6. The van der Waals surface area contributed by atoms with Gasteiger partial charge in [0.05, 0.1) is 17.3 Å². The molecule has 2 aromatic rings. The zero-order valence-corrected chi connectivity index (χ0v) is 20.2. The van der Waals surface area contributed by atoms with Crippen LogP contribution in [-0.2, 0) is 16.0 Å². The number of phenolic OH excluding ortho intramolecular Hbond substituents is 1. The number of aliphatic hydroxyl groups excluding tert-OH is 2. The van der Waals surface area contributed by atoms with Gasteiger partial charge in [0.15, 0.2) is 0 Å². The first kappa shape index (κ1) is 28.2. The average molecular weight is 532 g/mol. The molecule has 3 N–H and O–H groups in total. The highest BCUT2D eigenvalue weighted by Crippen LogP contribution is 2.21. The highest BCUT2D eigenvalue weighted by molar-refractivity contribution is 14.1. The predicted molar refractivity (Wildman–Crippen MR) is 127 cm³/mol. The molecular formula is C23H33IO6. The number of aliphatic hydroxyl groups is 2. The van der Waals surface area contributed by atoms with Crippen LogP contribution in [0.2, 0.25) is 0 Å². The molecular weight excluding hydrogens is 499 g/mol. The molecule has 0 aliphatic carbocycles. The second kappa shape index (κ2) is 16.9. The Morgan fingerprint density at radius 2 is 1.70 bits per heavy atom.